The van der Waals surface area contributed by atoms with Crippen molar-refractivity contribution in [3.05, 3.63) is 35.2 Å². The molecule has 6 heteroatoms. The van der Waals surface area contributed by atoms with Crippen molar-refractivity contribution in [3.63, 3.8) is 0 Å². The number of ketones is 1. The zero-order valence-corrected chi connectivity index (χ0v) is 9.11. The first-order valence-electron chi connectivity index (χ1n) is 4.61. The Labute approximate surface area is 97.7 Å². The van der Waals surface area contributed by atoms with Gasteiger partial charge in [-0.2, -0.15) is 8.78 Å². The number of carbonyl (C=O) groups is 1. The van der Waals surface area contributed by atoms with Crippen molar-refractivity contribution in [1.82, 2.24) is 0 Å². The van der Waals surface area contributed by atoms with Crippen LogP contribution in [0.5, 0.6) is 0 Å². The van der Waals surface area contributed by atoms with Crippen LogP contribution in [-0.2, 0) is 0 Å². The molecule has 0 radical (unpaired) electrons. The molecule has 0 spiro atoms. The molecule has 1 aromatic carbocycles. The predicted octanol–water partition coefficient (Wildman–Crippen LogP) is 3.98. The number of carbonyl (C=O) groups excluding carboxylic acids is 1. The maximum Gasteiger partial charge on any atom is 0.368 e. The second-order valence-electron chi connectivity index (χ2n) is 3.40. The summed E-state index contributed by atoms with van der Waals surface area (Å²) < 4.78 is 50.7. The molecule has 0 aliphatic carbocycles. The highest BCUT2D eigenvalue weighted by Gasteiger charge is 2.49. The van der Waals surface area contributed by atoms with E-state index in [0.717, 1.165) is 11.3 Å². The lowest BCUT2D eigenvalue weighted by Gasteiger charge is -2.12. The molecule has 1 nitrogen and oxygen atoms in total. The monoisotopic (exact) mass is 262 g/mol. The number of hydrogen-bond acceptors (Lipinski definition) is 2. The summed E-state index contributed by atoms with van der Waals surface area (Å²) in [6.07, 6.45) is -3.99. The third-order valence-corrected chi connectivity index (χ3v) is 3.27. The van der Waals surface area contributed by atoms with E-state index in [2.05, 4.69) is 0 Å². The average Bonchev–Trinajstić information content (AvgIpc) is 2.71. The maximum absolute atomic E-state index is 12.9. The molecule has 17 heavy (non-hydrogen) atoms. The summed E-state index contributed by atoms with van der Waals surface area (Å²) in [4.78, 5) is 11.4. The number of alkyl halides is 4. The highest BCUT2D eigenvalue weighted by Crippen LogP contribution is 2.33. The Morgan fingerprint density at radius 2 is 1.88 bits per heavy atom. The minimum Gasteiger partial charge on any atom is -0.287 e. The SMILES string of the molecule is O=C(c1csc2ccccc12)C(F)(F)C(F)F. The summed E-state index contributed by atoms with van der Waals surface area (Å²) in [5.74, 6) is -6.46. The van der Waals surface area contributed by atoms with Crippen molar-refractivity contribution in [2.24, 2.45) is 0 Å². The second-order valence-corrected chi connectivity index (χ2v) is 4.31. The van der Waals surface area contributed by atoms with Gasteiger partial charge >= 0.3 is 12.3 Å². The number of halogens is 4. The molecule has 0 N–H and O–H groups in total. The van der Waals surface area contributed by atoms with Crippen molar-refractivity contribution in [2.75, 3.05) is 0 Å². The van der Waals surface area contributed by atoms with Crippen LogP contribution in [0.25, 0.3) is 10.1 Å². The van der Waals surface area contributed by atoms with E-state index >= 15 is 0 Å². The first-order valence-corrected chi connectivity index (χ1v) is 5.49. The van der Waals surface area contributed by atoms with Gasteiger partial charge in [-0.25, -0.2) is 8.78 Å². The standard InChI is InChI=1S/C11H6F4OS/c12-10(13)11(14,15)9(16)7-5-17-8-4-2-1-3-6(7)8/h1-5,10H. The number of benzene rings is 1. The van der Waals surface area contributed by atoms with Gasteiger partial charge in [0.25, 0.3) is 0 Å². The molecule has 2 aromatic rings. The highest BCUT2D eigenvalue weighted by atomic mass is 32.1. The van der Waals surface area contributed by atoms with E-state index in [-0.39, 0.29) is 10.9 Å². The number of hydrogen-bond donors (Lipinski definition) is 0. The van der Waals surface area contributed by atoms with E-state index in [4.69, 9.17) is 0 Å². The first kappa shape index (κ1) is 12.0. The zero-order valence-electron chi connectivity index (χ0n) is 8.29. The van der Waals surface area contributed by atoms with E-state index < -0.39 is 18.1 Å². The summed E-state index contributed by atoms with van der Waals surface area (Å²) in [7, 11) is 0. The molecular formula is C11H6F4OS. The molecule has 0 atom stereocenters. The van der Waals surface area contributed by atoms with Crippen LogP contribution < -0.4 is 0 Å². The molecule has 1 aromatic heterocycles. The molecule has 1 heterocycles. The molecule has 0 saturated heterocycles. The Morgan fingerprint density at radius 1 is 1.24 bits per heavy atom. The Kier molecular flexibility index (Phi) is 2.91. The van der Waals surface area contributed by atoms with E-state index in [1.807, 2.05) is 0 Å². The number of fused-ring (bicyclic) bond motifs is 1. The lowest BCUT2D eigenvalue weighted by Crippen LogP contribution is -2.36. The van der Waals surface area contributed by atoms with E-state index in [9.17, 15) is 22.4 Å². The molecule has 2 rings (SSSR count). The van der Waals surface area contributed by atoms with E-state index in [1.54, 1.807) is 18.2 Å². The lowest BCUT2D eigenvalue weighted by atomic mass is 10.0. The van der Waals surface area contributed by atoms with Crippen LogP contribution in [0.15, 0.2) is 29.6 Å². The third-order valence-electron chi connectivity index (χ3n) is 2.30. The second kappa shape index (κ2) is 4.10. The minimum absolute atomic E-state index is 0.280. The van der Waals surface area contributed by atoms with Crippen LogP contribution in [0, 0.1) is 0 Å². The van der Waals surface area contributed by atoms with Gasteiger partial charge < -0.3 is 0 Å². The van der Waals surface area contributed by atoms with Crippen molar-refractivity contribution >= 4 is 27.2 Å². The Morgan fingerprint density at radius 3 is 2.53 bits per heavy atom. The van der Waals surface area contributed by atoms with Crippen LogP contribution in [0.1, 0.15) is 10.4 Å². The third kappa shape index (κ3) is 1.93. The van der Waals surface area contributed by atoms with E-state index in [1.165, 1.54) is 11.4 Å². The summed E-state index contributed by atoms with van der Waals surface area (Å²) in [5.41, 5.74) is -0.351. The summed E-state index contributed by atoms with van der Waals surface area (Å²) in [6, 6.07) is 6.34. The molecule has 0 unspecified atom stereocenters. The normalized spacial score (nSPS) is 12.3. The van der Waals surface area contributed by atoms with Gasteiger partial charge in [-0.05, 0) is 6.07 Å². The molecule has 0 bridgehead atoms. The number of Topliss-reactive ketones (excluding diaryl/α,β-unsaturated/α-hetero) is 1. The maximum atomic E-state index is 12.9. The van der Waals surface area contributed by atoms with Gasteiger partial charge in [0.15, 0.2) is 0 Å². The first-order chi connectivity index (χ1) is 7.94. The molecular weight excluding hydrogens is 256 g/mol. The minimum atomic E-state index is -4.64. The zero-order chi connectivity index (χ0) is 12.6. The smallest absolute Gasteiger partial charge is 0.287 e. The molecule has 0 fully saturated rings. The van der Waals surface area contributed by atoms with Crippen molar-refractivity contribution < 1.29 is 22.4 Å². The Bertz CT molecular complexity index is 561. The topological polar surface area (TPSA) is 17.1 Å². The number of thiophene rings is 1. The van der Waals surface area contributed by atoms with Crippen LogP contribution >= 0.6 is 11.3 Å². The van der Waals surface area contributed by atoms with Gasteiger partial charge in [-0.3, -0.25) is 4.79 Å². The molecule has 90 valence electrons. The lowest BCUT2D eigenvalue weighted by molar-refractivity contribution is -0.0957. The summed E-state index contributed by atoms with van der Waals surface area (Å²) in [5, 5.41) is 1.46. The number of rotatable bonds is 3. The largest absolute Gasteiger partial charge is 0.368 e. The van der Waals surface area contributed by atoms with Crippen molar-refractivity contribution in [3.8, 4) is 0 Å². The van der Waals surface area contributed by atoms with Crippen LogP contribution in [0.4, 0.5) is 17.6 Å². The van der Waals surface area contributed by atoms with Crippen LogP contribution in [-0.4, -0.2) is 18.1 Å². The molecule has 0 amide bonds. The highest BCUT2D eigenvalue weighted by molar-refractivity contribution is 7.17. The van der Waals surface area contributed by atoms with Gasteiger partial charge in [-0.15, -0.1) is 11.3 Å². The van der Waals surface area contributed by atoms with Gasteiger partial charge in [0.2, 0.25) is 5.78 Å². The predicted molar refractivity (Wildman–Crippen MR) is 57.1 cm³/mol. The Hall–Kier alpha value is -1.43. The van der Waals surface area contributed by atoms with E-state index in [0.29, 0.717) is 4.70 Å². The summed E-state index contributed by atoms with van der Waals surface area (Å²) in [6.45, 7) is 0. The Balaban J connectivity index is 2.51. The average molecular weight is 262 g/mol. The quantitative estimate of drug-likeness (QED) is 0.604. The van der Waals surface area contributed by atoms with Crippen LogP contribution in [0.2, 0.25) is 0 Å². The summed E-state index contributed by atoms with van der Waals surface area (Å²) >= 11 is 1.07. The fourth-order valence-electron chi connectivity index (χ4n) is 1.43. The molecule has 0 aliphatic rings. The fraction of sp³-hybridized carbons (Fsp3) is 0.182. The van der Waals surface area contributed by atoms with Crippen molar-refractivity contribution in [2.45, 2.75) is 12.3 Å². The van der Waals surface area contributed by atoms with Gasteiger partial charge in [0.1, 0.15) is 0 Å². The van der Waals surface area contributed by atoms with Crippen molar-refractivity contribution in [1.29, 1.82) is 0 Å². The van der Waals surface area contributed by atoms with Crippen LogP contribution in [0.3, 0.4) is 0 Å². The fourth-order valence-corrected chi connectivity index (χ4v) is 2.37. The molecule has 0 aliphatic heterocycles. The van der Waals surface area contributed by atoms with Gasteiger partial charge in [0.05, 0.1) is 0 Å². The van der Waals surface area contributed by atoms with Gasteiger partial charge in [-0.1, -0.05) is 18.2 Å². The molecule has 0 saturated carbocycles. The van der Waals surface area contributed by atoms with Gasteiger partial charge in [0, 0.05) is 21.0 Å².